The van der Waals surface area contributed by atoms with Crippen LogP contribution in [0.1, 0.15) is 5.56 Å². The number of halogens is 2. The quantitative estimate of drug-likeness (QED) is 0.475. The minimum atomic E-state index is -0.268. The second-order valence-electron chi connectivity index (χ2n) is 4.33. The van der Waals surface area contributed by atoms with Gasteiger partial charge in [-0.3, -0.25) is 4.57 Å². The molecule has 1 aromatic heterocycles. The van der Waals surface area contributed by atoms with Crippen LogP contribution in [0.5, 0.6) is 0 Å². The molecule has 0 aliphatic carbocycles. The summed E-state index contributed by atoms with van der Waals surface area (Å²) < 4.78 is 17.5. The Morgan fingerprint density at radius 2 is 2.05 bits per heavy atom. The molecule has 1 N–H and O–H groups in total. The van der Waals surface area contributed by atoms with Crippen LogP contribution in [-0.4, -0.2) is 9.55 Å². The second-order valence-corrected chi connectivity index (χ2v) is 5.96. The maximum atomic E-state index is 14.1. The Morgan fingerprint density at radius 1 is 1.26 bits per heavy atom. The van der Waals surface area contributed by atoms with Gasteiger partial charge in [-0.05, 0) is 71.6 Å². The number of hydrogen-bond donors (Lipinski definition) is 1. The molecule has 2 nitrogen and oxygen atoms in total. The van der Waals surface area contributed by atoms with E-state index in [1.165, 1.54) is 6.07 Å². The number of aromatic amines is 1. The number of rotatable bonds is 1. The summed E-state index contributed by atoms with van der Waals surface area (Å²) in [5, 5.41) is 0. The van der Waals surface area contributed by atoms with Gasteiger partial charge in [-0.1, -0.05) is 12.1 Å². The van der Waals surface area contributed by atoms with Gasteiger partial charge in [0.05, 0.1) is 16.7 Å². The van der Waals surface area contributed by atoms with E-state index in [-0.39, 0.29) is 5.82 Å². The largest absolute Gasteiger partial charge is 0.330 e. The average Bonchev–Trinajstić information content (AvgIpc) is 2.65. The molecule has 0 radical (unpaired) electrons. The van der Waals surface area contributed by atoms with Crippen molar-refractivity contribution in [1.82, 2.24) is 9.55 Å². The Bertz CT molecular complexity index is 815. The summed E-state index contributed by atoms with van der Waals surface area (Å²) in [6.07, 6.45) is 0. The highest BCUT2D eigenvalue weighted by Crippen LogP contribution is 2.25. The van der Waals surface area contributed by atoms with Crippen LogP contribution in [0.25, 0.3) is 16.7 Å². The van der Waals surface area contributed by atoms with E-state index in [0.29, 0.717) is 10.5 Å². The lowest BCUT2D eigenvalue weighted by atomic mass is 10.2. The van der Waals surface area contributed by atoms with Crippen molar-refractivity contribution in [2.24, 2.45) is 0 Å². The number of imidazole rings is 1. The highest BCUT2D eigenvalue weighted by Gasteiger charge is 2.12. The molecule has 0 spiro atoms. The van der Waals surface area contributed by atoms with Crippen molar-refractivity contribution in [1.29, 1.82) is 0 Å². The van der Waals surface area contributed by atoms with Crippen LogP contribution in [0, 0.1) is 21.1 Å². The monoisotopic (exact) mass is 384 g/mol. The number of aromatic nitrogens is 2. The molecular weight excluding hydrogens is 374 g/mol. The number of nitrogens with zero attached hydrogens (tertiary/aromatic N) is 1. The van der Waals surface area contributed by atoms with Crippen molar-refractivity contribution >= 4 is 45.8 Å². The van der Waals surface area contributed by atoms with E-state index in [2.05, 4.69) is 27.6 Å². The summed E-state index contributed by atoms with van der Waals surface area (Å²) >= 11 is 7.58. The number of para-hydroxylation sites is 1. The number of fused-ring (bicyclic) bond motifs is 1. The standard InChI is InChI=1S/C14H10FIN2S/c1-8-3-2-4-10(15)13(8)18-12-6-5-9(16)7-11(12)17-14(18)19/h2-7H,1H3,(H,17,19). The van der Waals surface area contributed by atoms with E-state index in [0.717, 1.165) is 20.2 Å². The van der Waals surface area contributed by atoms with Crippen LogP contribution < -0.4 is 0 Å². The van der Waals surface area contributed by atoms with E-state index < -0.39 is 0 Å². The van der Waals surface area contributed by atoms with Crippen LogP contribution in [0.4, 0.5) is 4.39 Å². The summed E-state index contributed by atoms with van der Waals surface area (Å²) in [7, 11) is 0. The lowest BCUT2D eigenvalue weighted by Crippen LogP contribution is -2.00. The van der Waals surface area contributed by atoms with Gasteiger partial charge in [0.25, 0.3) is 0 Å². The van der Waals surface area contributed by atoms with Crippen LogP contribution in [0.3, 0.4) is 0 Å². The predicted molar refractivity (Wildman–Crippen MR) is 85.9 cm³/mol. The van der Waals surface area contributed by atoms with Gasteiger partial charge in [-0.25, -0.2) is 4.39 Å². The number of aryl methyl sites for hydroxylation is 1. The minimum absolute atomic E-state index is 0.268. The summed E-state index contributed by atoms with van der Waals surface area (Å²) in [4.78, 5) is 3.13. The fraction of sp³-hybridized carbons (Fsp3) is 0.0714. The molecule has 96 valence electrons. The zero-order chi connectivity index (χ0) is 13.6. The molecule has 3 aromatic rings. The Labute approximate surface area is 128 Å². The smallest absolute Gasteiger partial charge is 0.182 e. The van der Waals surface area contributed by atoms with Crippen LogP contribution in [0.2, 0.25) is 0 Å². The van der Waals surface area contributed by atoms with Crippen LogP contribution in [-0.2, 0) is 0 Å². The highest BCUT2D eigenvalue weighted by molar-refractivity contribution is 14.1. The molecule has 0 amide bonds. The third kappa shape index (κ3) is 2.10. The lowest BCUT2D eigenvalue weighted by Gasteiger charge is -2.09. The van der Waals surface area contributed by atoms with Gasteiger partial charge in [0.15, 0.2) is 4.77 Å². The van der Waals surface area contributed by atoms with Gasteiger partial charge in [-0.2, -0.15) is 0 Å². The molecule has 2 aromatic carbocycles. The summed E-state index contributed by atoms with van der Waals surface area (Å²) in [5.41, 5.74) is 3.17. The van der Waals surface area contributed by atoms with Crippen molar-refractivity contribution in [3.05, 3.63) is 56.1 Å². The zero-order valence-electron chi connectivity index (χ0n) is 10.1. The second kappa shape index (κ2) is 4.72. The Kier molecular flexibility index (Phi) is 3.18. The number of H-pyrrole nitrogens is 1. The van der Waals surface area contributed by atoms with Crippen LogP contribution in [0.15, 0.2) is 36.4 Å². The van der Waals surface area contributed by atoms with Gasteiger partial charge in [0, 0.05) is 3.57 Å². The van der Waals surface area contributed by atoms with Gasteiger partial charge in [-0.15, -0.1) is 0 Å². The Hall–Kier alpha value is -1.21. The average molecular weight is 384 g/mol. The molecule has 0 aliphatic heterocycles. The maximum Gasteiger partial charge on any atom is 0.182 e. The molecule has 0 bridgehead atoms. The van der Waals surface area contributed by atoms with E-state index >= 15 is 0 Å². The first-order valence-corrected chi connectivity index (χ1v) is 7.22. The normalized spacial score (nSPS) is 11.1. The number of benzene rings is 2. The fourth-order valence-electron chi connectivity index (χ4n) is 2.21. The van der Waals surface area contributed by atoms with Crippen molar-refractivity contribution in [2.75, 3.05) is 0 Å². The maximum absolute atomic E-state index is 14.1. The first kappa shape index (κ1) is 12.8. The van der Waals surface area contributed by atoms with Crippen molar-refractivity contribution in [3.63, 3.8) is 0 Å². The lowest BCUT2D eigenvalue weighted by molar-refractivity contribution is 0.617. The van der Waals surface area contributed by atoms with E-state index in [1.807, 2.05) is 31.2 Å². The molecule has 1 heterocycles. The van der Waals surface area contributed by atoms with Crippen molar-refractivity contribution in [3.8, 4) is 5.69 Å². The molecule has 0 aliphatic rings. The molecule has 5 heteroatoms. The van der Waals surface area contributed by atoms with E-state index in [1.54, 1.807) is 10.6 Å². The van der Waals surface area contributed by atoms with Gasteiger partial charge in [0.2, 0.25) is 0 Å². The molecule has 19 heavy (non-hydrogen) atoms. The van der Waals surface area contributed by atoms with Crippen molar-refractivity contribution < 1.29 is 4.39 Å². The first-order chi connectivity index (χ1) is 9.08. The van der Waals surface area contributed by atoms with E-state index in [9.17, 15) is 4.39 Å². The van der Waals surface area contributed by atoms with Crippen LogP contribution >= 0.6 is 34.8 Å². The molecule has 0 atom stereocenters. The summed E-state index contributed by atoms with van der Waals surface area (Å²) in [5.74, 6) is -0.268. The highest BCUT2D eigenvalue weighted by atomic mass is 127. The topological polar surface area (TPSA) is 20.7 Å². The SMILES string of the molecule is Cc1cccc(F)c1-n1c(=S)[nH]c2cc(I)ccc21. The summed E-state index contributed by atoms with van der Waals surface area (Å²) in [6, 6.07) is 11.0. The van der Waals surface area contributed by atoms with Gasteiger partial charge in [0.1, 0.15) is 5.82 Å². The number of nitrogens with one attached hydrogen (secondary N) is 1. The predicted octanol–water partition coefficient (Wildman–Crippen LogP) is 4.74. The van der Waals surface area contributed by atoms with Crippen molar-refractivity contribution in [2.45, 2.75) is 6.92 Å². The minimum Gasteiger partial charge on any atom is -0.330 e. The Balaban J connectivity index is 2.43. The molecule has 0 saturated carbocycles. The molecular formula is C14H10FIN2S. The molecule has 3 rings (SSSR count). The molecule has 0 saturated heterocycles. The first-order valence-electron chi connectivity index (χ1n) is 5.73. The third-order valence-corrected chi connectivity index (χ3v) is 4.01. The Morgan fingerprint density at radius 3 is 2.79 bits per heavy atom. The third-order valence-electron chi connectivity index (χ3n) is 3.06. The molecule has 0 unspecified atom stereocenters. The van der Waals surface area contributed by atoms with Gasteiger partial charge >= 0.3 is 0 Å². The number of hydrogen-bond acceptors (Lipinski definition) is 1. The fourth-order valence-corrected chi connectivity index (χ4v) is 3.00. The summed E-state index contributed by atoms with van der Waals surface area (Å²) in [6.45, 7) is 1.88. The van der Waals surface area contributed by atoms with Gasteiger partial charge < -0.3 is 4.98 Å². The zero-order valence-corrected chi connectivity index (χ0v) is 13.0. The molecule has 0 fully saturated rings. The van der Waals surface area contributed by atoms with E-state index in [4.69, 9.17) is 12.2 Å².